The Labute approximate surface area is 153 Å². The summed E-state index contributed by atoms with van der Waals surface area (Å²) in [4.78, 5) is 16.3. The Balaban J connectivity index is 2.24. The van der Waals surface area contributed by atoms with Crippen LogP contribution in [-0.4, -0.2) is 25.7 Å². The second-order valence-electron chi connectivity index (χ2n) is 8.01. The molecule has 0 amide bonds. The molecule has 2 heterocycles. The molecule has 26 heavy (non-hydrogen) atoms. The number of carbonyl (C=O) groups is 1. The summed E-state index contributed by atoms with van der Waals surface area (Å²) >= 11 is 0. The number of fused-ring (bicyclic) bond motifs is 1. The molecule has 0 bridgehead atoms. The number of aryl methyl sites for hydroxylation is 1. The first-order valence-corrected chi connectivity index (χ1v) is 8.78. The molecule has 136 valence electrons. The summed E-state index contributed by atoms with van der Waals surface area (Å²) in [5.74, 6) is -0.0371. The van der Waals surface area contributed by atoms with Crippen LogP contribution in [0.4, 0.5) is 0 Å². The van der Waals surface area contributed by atoms with E-state index < -0.39 is 0 Å². The normalized spacial score (nSPS) is 11.9. The molecule has 0 radical (unpaired) electrons. The summed E-state index contributed by atoms with van der Waals surface area (Å²) < 4.78 is 1.96. The molecule has 3 aromatic rings. The van der Waals surface area contributed by atoms with Crippen LogP contribution in [0.5, 0.6) is 0 Å². The summed E-state index contributed by atoms with van der Waals surface area (Å²) in [6.07, 6.45) is 1.69. The summed E-state index contributed by atoms with van der Waals surface area (Å²) in [5.41, 5.74) is 5.21. The van der Waals surface area contributed by atoms with Crippen molar-refractivity contribution in [2.45, 2.75) is 47.8 Å². The summed E-state index contributed by atoms with van der Waals surface area (Å²) in [6, 6.07) is 7.89. The zero-order valence-electron chi connectivity index (χ0n) is 16.0. The molecule has 0 aliphatic rings. The van der Waals surface area contributed by atoms with Crippen molar-refractivity contribution in [1.82, 2.24) is 14.8 Å². The Morgan fingerprint density at radius 1 is 1.19 bits per heavy atom. The van der Waals surface area contributed by atoms with E-state index in [-0.39, 0.29) is 17.8 Å². The van der Waals surface area contributed by atoms with Gasteiger partial charge in [-0.05, 0) is 53.3 Å². The molecular formula is C21H25N3O2. The van der Waals surface area contributed by atoms with Crippen LogP contribution in [0, 0.1) is 12.3 Å². The number of benzene rings is 1. The molecule has 0 aliphatic carbocycles. The van der Waals surface area contributed by atoms with Gasteiger partial charge in [-0.2, -0.15) is 5.10 Å². The number of ketones is 1. The average Bonchev–Trinajstić information content (AvgIpc) is 2.92. The van der Waals surface area contributed by atoms with E-state index in [1.807, 2.05) is 29.8 Å². The minimum atomic E-state index is -0.0999. The minimum Gasteiger partial charge on any atom is -0.390 e. The van der Waals surface area contributed by atoms with Gasteiger partial charge in [0.05, 0.1) is 17.8 Å². The number of aliphatic hydroxyl groups excluding tert-OH is 1. The zero-order valence-corrected chi connectivity index (χ0v) is 16.0. The summed E-state index contributed by atoms with van der Waals surface area (Å²) in [7, 11) is 0. The molecule has 0 spiro atoms. The second kappa shape index (κ2) is 6.65. The third kappa shape index (κ3) is 3.53. The van der Waals surface area contributed by atoms with Crippen LogP contribution in [-0.2, 0) is 13.2 Å². The smallest absolute Gasteiger partial charge is 0.180 e. The summed E-state index contributed by atoms with van der Waals surface area (Å²) in [5, 5.41) is 14.8. The monoisotopic (exact) mass is 351 g/mol. The van der Waals surface area contributed by atoms with Crippen LogP contribution in [0.15, 0.2) is 30.5 Å². The van der Waals surface area contributed by atoms with Crippen LogP contribution in [0.25, 0.3) is 22.0 Å². The van der Waals surface area contributed by atoms with Gasteiger partial charge >= 0.3 is 0 Å². The van der Waals surface area contributed by atoms with Gasteiger partial charge in [-0.25, -0.2) is 0 Å². The highest BCUT2D eigenvalue weighted by atomic mass is 16.3. The van der Waals surface area contributed by atoms with Crippen LogP contribution in [0.3, 0.4) is 0 Å². The van der Waals surface area contributed by atoms with Gasteiger partial charge in [-0.1, -0.05) is 20.8 Å². The Morgan fingerprint density at radius 2 is 1.92 bits per heavy atom. The van der Waals surface area contributed by atoms with Gasteiger partial charge in [0.2, 0.25) is 0 Å². The molecule has 0 atom stereocenters. The third-order valence-electron chi connectivity index (χ3n) is 4.30. The zero-order chi connectivity index (χ0) is 19.1. The number of rotatable bonds is 4. The SMILES string of the molecule is CC(=O)c1nn(CC(C)(C)C)c2c(C)cc(-c3ccnc(CO)c3)cc12. The highest BCUT2D eigenvalue weighted by molar-refractivity contribution is 6.06. The van der Waals surface area contributed by atoms with Crippen molar-refractivity contribution in [2.24, 2.45) is 5.41 Å². The molecule has 5 nitrogen and oxygen atoms in total. The number of carbonyl (C=O) groups excluding carboxylic acids is 1. The van der Waals surface area contributed by atoms with E-state index in [1.165, 1.54) is 0 Å². The number of aromatic nitrogens is 3. The fourth-order valence-electron chi connectivity index (χ4n) is 3.26. The molecule has 0 fully saturated rings. The molecule has 3 rings (SSSR count). The highest BCUT2D eigenvalue weighted by Gasteiger charge is 2.21. The van der Waals surface area contributed by atoms with E-state index in [4.69, 9.17) is 0 Å². The number of hydrogen-bond acceptors (Lipinski definition) is 4. The molecule has 0 saturated carbocycles. The van der Waals surface area contributed by atoms with Gasteiger partial charge in [0.15, 0.2) is 5.78 Å². The van der Waals surface area contributed by atoms with Crippen LogP contribution in [0.2, 0.25) is 0 Å². The topological polar surface area (TPSA) is 68.0 Å². The molecule has 2 aromatic heterocycles. The Morgan fingerprint density at radius 3 is 2.54 bits per heavy atom. The highest BCUT2D eigenvalue weighted by Crippen LogP contribution is 2.31. The van der Waals surface area contributed by atoms with Gasteiger partial charge in [0, 0.05) is 25.1 Å². The lowest BCUT2D eigenvalue weighted by Crippen LogP contribution is -2.17. The van der Waals surface area contributed by atoms with Crippen molar-refractivity contribution in [3.8, 4) is 11.1 Å². The minimum absolute atomic E-state index is 0.0371. The van der Waals surface area contributed by atoms with Crippen LogP contribution in [0.1, 0.15) is 49.4 Å². The number of hydrogen-bond donors (Lipinski definition) is 1. The van der Waals surface area contributed by atoms with Gasteiger partial charge in [-0.15, -0.1) is 0 Å². The lowest BCUT2D eigenvalue weighted by atomic mass is 9.96. The predicted octanol–water partition coefficient (Wildman–Crippen LogP) is 4.15. The van der Waals surface area contributed by atoms with E-state index in [0.29, 0.717) is 11.4 Å². The molecule has 1 N–H and O–H groups in total. The van der Waals surface area contributed by atoms with Gasteiger partial charge in [-0.3, -0.25) is 14.5 Å². The maximum absolute atomic E-state index is 12.2. The second-order valence-corrected chi connectivity index (χ2v) is 8.01. The van der Waals surface area contributed by atoms with Gasteiger partial charge in [0.1, 0.15) is 5.69 Å². The standard InChI is InChI=1S/C21H25N3O2/c1-13-8-16(15-6-7-22-17(9-15)11-25)10-18-19(14(2)26)23-24(20(13)18)12-21(3,4)5/h6-10,25H,11-12H2,1-5H3. The third-order valence-corrected chi connectivity index (χ3v) is 4.30. The predicted molar refractivity (Wildman–Crippen MR) is 103 cm³/mol. The van der Waals surface area contributed by atoms with Gasteiger partial charge < -0.3 is 5.11 Å². The molecule has 0 unspecified atom stereocenters. The molecule has 5 heteroatoms. The van der Waals surface area contributed by atoms with Gasteiger partial charge in [0.25, 0.3) is 0 Å². The van der Waals surface area contributed by atoms with E-state index in [9.17, 15) is 9.90 Å². The van der Waals surface area contributed by atoms with Crippen LogP contribution < -0.4 is 0 Å². The fourth-order valence-corrected chi connectivity index (χ4v) is 3.26. The lowest BCUT2D eigenvalue weighted by molar-refractivity contribution is 0.101. The molecule has 0 aliphatic heterocycles. The van der Waals surface area contributed by atoms with Crippen molar-refractivity contribution in [1.29, 1.82) is 0 Å². The molecular weight excluding hydrogens is 326 g/mol. The van der Waals surface area contributed by atoms with Crippen molar-refractivity contribution in [2.75, 3.05) is 0 Å². The van der Waals surface area contributed by atoms with E-state index in [1.54, 1.807) is 13.1 Å². The van der Waals surface area contributed by atoms with E-state index in [2.05, 4.69) is 36.9 Å². The average molecular weight is 351 g/mol. The van der Waals surface area contributed by atoms with Crippen LogP contribution >= 0.6 is 0 Å². The first-order valence-electron chi connectivity index (χ1n) is 8.78. The van der Waals surface area contributed by atoms with E-state index in [0.717, 1.165) is 34.1 Å². The maximum Gasteiger partial charge on any atom is 0.180 e. The Kier molecular flexibility index (Phi) is 4.67. The molecule has 1 aromatic carbocycles. The van der Waals surface area contributed by atoms with Crippen molar-refractivity contribution in [3.63, 3.8) is 0 Å². The maximum atomic E-state index is 12.2. The number of aliphatic hydroxyl groups is 1. The number of Topliss-reactive ketones (excluding diaryl/α,β-unsaturated/α-hetero) is 1. The first-order chi connectivity index (χ1) is 12.2. The lowest BCUT2D eigenvalue weighted by Gasteiger charge is -2.19. The van der Waals surface area contributed by atoms with Crippen molar-refractivity contribution >= 4 is 16.7 Å². The first kappa shape index (κ1) is 18.3. The van der Waals surface area contributed by atoms with Crippen molar-refractivity contribution in [3.05, 3.63) is 47.4 Å². The summed E-state index contributed by atoms with van der Waals surface area (Å²) in [6.45, 7) is 10.7. The largest absolute Gasteiger partial charge is 0.390 e. The quantitative estimate of drug-likeness (QED) is 0.717. The Hall–Kier alpha value is -2.53. The van der Waals surface area contributed by atoms with E-state index >= 15 is 0 Å². The number of nitrogens with zero attached hydrogens (tertiary/aromatic N) is 3. The molecule has 0 saturated heterocycles. The Bertz CT molecular complexity index is 981. The van der Waals surface area contributed by atoms with Crippen molar-refractivity contribution < 1.29 is 9.90 Å². The fraction of sp³-hybridized carbons (Fsp3) is 0.381. The number of pyridine rings is 1.